The number of hydrogen-bond acceptors (Lipinski definition) is 3. The average Bonchev–Trinajstić information content (AvgIpc) is 2.62. The Hall–Kier alpha value is -2.33. The van der Waals surface area contributed by atoms with Crippen molar-refractivity contribution >= 4 is 11.6 Å². The number of carbonyl (C=O) groups excluding carboxylic acids is 1. The van der Waals surface area contributed by atoms with Crippen molar-refractivity contribution in [2.75, 3.05) is 11.9 Å². The molecule has 0 saturated carbocycles. The van der Waals surface area contributed by atoms with Crippen molar-refractivity contribution in [1.82, 2.24) is 4.90 Å². The van der Waals surface area contributed by atoms with Crippen molar-refractivity contribution in [3.63, 3.8) is 0 Å². The minimum Gasteiger partial charge on any atom is -0.386 e. The Kier molecular flexibility index (Phi) is 5.16. The Labute approximate surface area is 143 Å². The van der Waals surface area contributed by atoms with Gasteiger partial charge in [0.25, 0.3) is 0 Å². The van der Waals surface area contributed by atoms with Gasteiger partial charge in [-0.3, -0.25) is 4.79 Å². The molecule has 0 aliphatic carbocycles. The molecule has 0 bridgehead atoms. The minimum absolute atomic E-state index is 0.0946. The molecule has 0 spiro atoms. The minimum atomic E-state index is -0.659. The molecule has 0 aromatic heterocycles. The second-order valence-corrected chi connectivity index (χ2v) is 6.38. The van der Waals surface area contributed by atoms with E-state index in [-0.39, 0.29) is 18.0 Å². The molecule has 2 aromatic carbocycles. The van der Waals surface area contributed by atoms with Crippen LogP contribution in [0.2, 0.25) is 0 Å². The van der Waals surface area contributed by atoms with E-state index < -0.39 is 6.10 Å². The van der Waals surface area contributed by atoms with E-state index in [1.807, 2.05) is 67.6 Å². The first-order chi connectivity index (χ1) is 11.6. The molecule has 0 unspecified atom stereocenters. The van der Waals surface area contributed by atoms with E-state index in [9.17, 15) is 9.90 Å². The van der Waals surface area contributed by atoms with E-state index >= 15 is 0 Å². The van der Waals surface area contributed by atoms with Crippen molar-refractivity contribution in [3.05, 3.63) is 66.2 Å². The van der Waals surface area contributed by atoms with Gasteiger partial charge in [0.05, 0.1) is 12.1 Å². The standard InChI is InChI=1S/C20H24N2O2/c1-15(20(24)16-8-4-2-5-9-16)22-13-12-18(14-19(22)23)21-17-10-6-3-7-11-17/h2-11,15,18,20-21,24H,12-14H2,1H3/t15-,18-,20-/m1/s1. The van der Waals surface area contributed by atoms with E-state index in [1.165, 1.54) is 0 Å². The molecule has 3 atom stereocenters. The largest absolute Gasteiger partial charge is 0.386 e. The van der Waals surface area contributed by atoms with E-state index in [2.05, 4.69) is 5.32 Å². The maximum Gasteiger partial charge on any atom is 0.224 e. The fourth-order valence-electron chi connectivity index (χ4n) is 3.27. The van der Waals surface area contributed by atoms with Crippen molar-refractivity contribution in [3.8, 4) is 0 Å². The first kappa shape index (κ1) is 16.5. The maximum absolute atomic E-state index is 12.5. The number of carbonyl (C=O) groups is 1. The second-order valence-electron chi connectivity index (χ2n) is 6.38. The van der Waals surface area contributed by atoms with Crippen LogP contribution < -0.4 is 5.32 Å². The number of anilines is 1. The van der Waals surface area contributed by atoms with Crippen LogP contribution >= 0.6 is 0 Å². The molecule has 1 aliphatic heterocycles. The quantitative estimate of drug-likeness (QED) is 0.888. The highest BCUT2D eigenvalue weighted by molar-refractivity contribution is 5.78. The van der Waals surface area contributed by atoms with E-state index in [4.69, 9.17) is 0 Å². The van der Waals surface area contributed by atoms with Crippen molar-refractivity contribution in [1.29, 1.82) is 0 Å². The van der Waals surface area contributed by atoms with Gasteiger partial charge in [-0.15, -0.1) is 0 Å². The van der Waals surface area contributed by atoms with Crippen LogP contribution in [0.3, 0.4) is 0 Å². The normalized spacial score (nSPS) is 20.5. The fraction of sp³-hybridized carbons (Fsp3) is 0.350. The monoisotopic (exact) mass is 324 g/mol. The lowest BCUT2D eigenvalue weighted by molar-refractivity contribution is -0.138. The molecule has 1 heterocycles. The summed E-state index contributed by atoms with van der Waals surface area (Å²) in [6, 6.07) is 19.4. The summed E-state index contributed by atoms with van der Waals surface area (Å²) in [5, 5.41) is 14.0. The van der Waals surface area contributed by atoms with Crippen LogP contribution in [-0.4, -0.2) is 34.5 Å². The number of nitrogens with zero attached hydrogens (tertiary/aromatic N) is 1. The van der Waals surface area contributed by atoms with Gasteiger partial charge in [-0.25, -0.2) is 0 Å². The molecule has 1 fully saturated rings. The molecule has 3 rings (SSSR count). The van der Waals surface area contributed by atoms with Gasteiger partial charge < -0.3 is 15.3 Å². The predicted octanol–water partition coefficient (Wildman–Crippen LogP) is 3.21. The summed E-state index contributed by atoms with van der Waals surface area (Å²) in [5.74, 6) is 0.0946. The van der Waals surface area contributed by atoms with E-state index in [1.54, 1.807) is 4.90 Å². The zero-order valence-corrected chi connectivity index (χ0v) is 13.9. The van der Waals surface area contributed by atoms with Crippen LogP contribution in [0.4, 0.5) is 5.69 Å². The number of likely N-dealkylation sites (tertiary alicyclic amines) is 1. The van der Waals surface area contributed by atoms with Crippen molar-refractivity contribution in [2.45, 2.75) is 38.0 Å². The molecule has 1 saturated heterocycles. The lowest BCUT2D eigenvalue weighted by Crippen LogP contribution is -2.49. The van der Waals surface area contributed by atoms with Gasteiger partial charge in [0, 0.05) is 24.7 Å². The first-order valence-electron chi connectivity index (χ1n) is 8.49. The average molecular weight is 324 g/mol. The maximum atomic E-state index is 12.5. The number of aliphatic hydroxyl groups excluding tert-OH is 1. The topological polar surface area (TPSA) is 52.6 Å². The van der Waals surface area contributed by atoms with Crippen LogP contribution in [0.25, 0.3) is 0 Å². The third kappa shape index (κ3) is 3.77. The highest BCUT2D eigenvalue weighted by Crippen LogP contribution is 2.25. The highest BCUT2D eigenvalue weighted by atomic mass is 16.3. The van der Waals surface area contributed by atoms with Gasteiger partial charge in [0.1, 0.15) is 0 Å². The van der Waals surface area contributed by atoms with Crippen LogP contribution in [0.5, 0.6) is 0 Å². The van der Waals surface area contributed by atoms with Gasteiger partial charge in [-0.1, -0.05) is 48.5 Å². The molecule has 4 heteroatoms. The summed E-state index contributed by atoms with van der Waals surface area (Å²) < 4.78 is 0. The molecule has 4 nitrogen and oxygen atoms in total. The number of amides is 1. The molecule has 1 amide bonds. The van der Waals surface area contributed by atoms with Gasteiger partial charge in [0.15, 0.2) is 0 Å². The third-order valence-electron chi connectivity index (χ3n) is 4.69. The van der Waals surface area contributed by atoms with Gasteiger partial charge in [-0.05, 0) is 31.0 Å². The van der Waals surface area contributed by atoms with Gasteiger partial charge in [-0.2, -0.15) is 0 Å². The molecular weight excluding hydrogens is 300 g/mol. The lowest BCUT2D eigenvalue weighted by atomic mass is 9.97. The molecule has 0 radical (unpaired) electrons. The van der Waals surface area contributed by atoms with Crippen molar-refractivity contribution < 1.29 is 9.90 Å². The summed E-state index contributed by atoms with van der Waals surface area (Å²) in [5.41, 5.74) is 1.89. The SMILES string of the molecule is C[C@H]([C@@H](O)c1ccccc1)N1CC[C@@H](Nc2ccccc2)CC1=O. The number of benzene rings is 2. The molecule has 2 aromatic rings. The van der Waals surface area contributed by atoms with Crippen LogP contribution in [0.1, 0.15) is 31.4 Å². The zero-order valence-electron chi connectivity index (χ0n) is 13.9. The second kappa shape index (κ2) is 7.49. The van der Waals surface area contributed by atoms with E-state index in [0.717, 1.165) is 17.7 Å². The molecule has 24 heavy (non-hydrogen) atoms. The number of rotatable bonds is 5. The van der Waals surface area contributed by atoms with Crippen LogP contribution in [0, 0.1) is 0 Å². The number of aliphatic hydroxyl groups is 1. The lowest BCUT2D eigenvalue weighted by Gasteiger charge is -2.38. The van der Waals surface area contributed by atoms with Gasteiger partial charge >= 0.3 is 0 Å². The van der Waals surface area contributed by atoms with Crippen molar-refractivity contribution in [2.24, 2.45) is 0 Å². The Morgan fingerprint density at radius 3 is 2.33 bits per heavy atom. The number of piperidine rings is 1. The summed E-state index contributed by atoms with van der Waals surface area (Å²) in [6.07, 6.45) is 0.682. The highest BCUT2D eigenvalue weighted by Gasteiger charge is 2.32. The Balaban J connectivity index is 1.60. The smallest absolute Gasteiger partial charge is 0.224 e. The number of nitrogens with one attached hydrogen (secondary N) is 1. The number of para-hydroxylation sites is 1. The van der Waals surface area contributed by atoms with Gasteiger partial charge in [0.2, 0.25) is 5.91 Å². The first-order valence-corrected chi connectivity index (χ1v) is 8.49. The van der Waals surface area contributed by atoms with Crippen LogP contribution in [0.15, 0.2) is 60.7 Å². The Bertz CT molecular complexity index is 660. The zero-order chi connectivity index (χ0) is 16.9. The summed E-state index contributed by atoms with van der Waals surface area (Å²) in [4.78, 5) is 14.4. The molecule has 1 aliphatic rings. The summed E-state index contributed by atoms with van der Waals surface area (Å²) >= 11 is 0. The predicted molar refractivity (Wildman–Crippen MR) is 95.7 cm³/mol. The molecule has 126 valence electrons. The summed E-state index contributed by atoms with van der Waals surface area (Å²) in [7, 11) is 0. The fourth-order valence-corrected chi connectivity index (χ4v) is 3.27. The Morgan fingerprint density at radius 1 is 1.08 bits per heavy atom. The van der Waals surface area contributed by atoms with E-state index in [0.29, 0.717) is 13.0 Å². The number of hydrogen-bond donors (Lipinski definition) is 2. The third-order valence-corrected chi connectivity index (χ3v) is 4.69. The Morgan fingerprint density at radius 2 is 1.71 bits per heavy atom. The molecule has 2 N–H and O–H groups in total. The van der Waals surface area contributed by atoms with Crippen LogP contribution in [-0.2, 0) is 4.79 Å². The molecular formula is C20H24N2O2. The summed E-state index contributed by atoms with van der Waals surface area (Å²) in [6.45, 7) is 2.58.